The Balaban J connectivity index is 2.77. The molecule has 0 saturated heterocycles. The van der Waals surface area contributed by atoms with Crippen molar-refractivity contribution in [2.24, 2.45) is 17.6 Å². The number of halogens is 1. The van der Waals surface area contributed by atoms with E-state index in [0.717, 1.165) is 0 Å². The monoisotopic (exact) mass is 261 g/mol. The summed E-state index contributed by atoms with van der Waals surface area (Å²) in [5.74, 6) is 0.938. The molecule has 3 N–H and O–H groups in total. The van der Waals surface area contributed by atoms with E-state index in [4.69, 9.17) is 10.2 Å². The van der Waals surface area contributed by atoms with E-state index >= 15 is 0 Å². The maximum Gasteiger partial charge on any atom is 0.169 e. The lowest BCUT2D eigenvalue weighted by atomic mass is 9.89. The van der Waals surface area contributed by atoms with Gasteiger partial charge in [0.25, 0.3) is 0 Å². The Morgan fingerprint density at radius 2 is 2.14 bits per heavy atom. The van der Waals surface area contributed by atoms with Crippen LogP contribution in [0.5, 0.6) is 0 Å². The molecule has 2 atom stereocenters. The minimum Gasteiger partial charge on any atom is -0.452 e. The van der Waals surface area contributed by atoms with Gasteiger partial charge in [0.15, 0.2) is 4.67 Å². The Hall–Kier alpha value is -0.320. The Bertz CT molecular complexity index is 285. The summed E-state index contributed by atoms with van der Waals surface area (Å²) in [7, 11) is 0. The van der Waals surface area contributed by atoms with Gasteiger partial charge in [0.05, 0.1) is 0 Å². The first-order valence-corrected chi connectivity index (χ1v) is 5.49. The third-order valence-corrected chi connectivity index (χ3v) is 2.85. The number of rotatable bonds is 4. The molecule has 1 heterocycles. The van der Waals surface area contributed by atoms with Crippen LogP contribution in [-0.2, 0) is 0 Å². The van der Waals surface area contributed by atoms with E-state index < -0.39 is 6.10 Å². The topological polar surface area (TPSA) is 59.4 Å². The van der Waals surface area contributed by atoms with E-state index in [9.17, 15) is 5.11 Å². The number of aliphatic hydroxyl groups excluding tert-OH is 1. The second-order valence-electron chi connectivity index (χ2n) is 3.73. The minimum absolute atomic E-state index is 0.0352. The fourth-order valence-electron chi connectivity index (χ4n) is 1.46. The van der Waals surface area contributed by atoms with Crippen LogP contribution in [0.15, 0.2) is 21.2 Å². The van der Waals surface area contributed by atoms with Crippen molar-refractivity contribution in [3.63, 3.8) is 0 Å². The summed E-state index contributed by atoms with van der Waals surface area (Å²) in [6.07, 6.45) is -0.619. The van der Waals surface area contributed by atoms with Gasteiger partial charge in [-0.3, -0.25) is 0 Å². The van der Waals surface area contributed by atoms with Gasteiger partial charge in [-0.25, -0.2) is 0 Å². The first-order chi connectivity index (χ1) is 6.56. The fraction of sp³-hybridized carbons (Fsp3) is 0.600. The second-order valence-corrected chi connectivity index (χ2v) is 4.51. The lowest BCUT2D eigenvalue weighted by Gasteiger charge is -2.23. The maximum absolute atomic E-state index is 9.97. The lowest BCUT2D eigenvalue weighted by Crippen LogP contribution is -2.26. The third-order valence-electron chi connectivity index (χ3n) is 2.42. The highest BCUT2D eigenvalue weighted by Crippen LogP contribution is 2.29. The predicted octanol–water partition coefficient (Wildman–Crippen LogP) is 2.31. The Labute approximate surface area is 92.4 Å². The molecule has 0 spiro atoms. The van der Waals surface area contributed by atoms with Crippen molar-refractivity contribution in [2.45, 2.75) is 20.0 Å². The van der Waals surface area contributed by atoms with Crippen LogP contribution in [0.4, 0.5) is 0 Å². The number of aliphatic hydroxyl groups is 1. The van der Waals surface area contributed by atoms with Crippen molar-refractivity contribution in [2.75, 3.05) is 6.54 Å². The summed E-state index contributed by atoms with van der Waals surface area (Å²) in [4.78, 5) is 0. The first kappa shape index (κ1) is 11.8. The summed E-state index contributed by atoms with van der Waals surface area (Å²) >= 11 is 3.20. The number of hydrogen-bond acceptors (Lipinski definition) is 3. The van der Waals surface area contributed by atoms with E-state index in [1.807, 2.05) is 13.8 Å². The van der Waals surface area contributed by atoms with Gasteiger partial charge in [0, 0.05) is 5.92 Å². The molecule has 1 aromatic heterocycles. The van der Waals surface area contributed by atoms with Gasteiger partial charge in [-0.2, -0.15) is 0 Å². The quantitative estimate of drug-likeness (QED) is 0.875. The average molecular weight is 262 g/mol. The van der Waals surface area contributed by atoms with Crippen LogP contribution < -0.4 is 5.73 Å². The number of furan rings is 1. The van der Waals surface area contributed by atoms with Crippen LogP contribution >= 0.6 is 15.9 Å². The summed E-state index contributed by atoms with van der Waals surface area (Å²) < 4.78 is 5.92. The summed E-state index contributed by atoms with van der Waals surface area (Å²) in [5.41, 5.74) is 5.61. The molecule has 0 radical (unpaired) electrons. The van der Waals surface area contributed by atoms with Gasteiger partial charge in [-0.05, 0) is 40.5 Å². The van der Waals surface area contributed by atoms with E-state index in [1.165, 1.54) is 0 Å². The zero-order valence-electron chi connectivity index (χ0n) is 8.40. The molecule has 4 heteroatoms. The molecule has 0 saturated carbocycles. The van der Waals surface area contributed by atoms with Crippen LogP contribution in [0, 0.1) is 11.8 Å². The van der Waals surface area contributed by atoms with E-state index in [-0.39, 0.29) is 5.92 Å². The van der Waals surface area contributed by atoms with Crippen LogP contribution in [0.1, 0.15) is 25.7 Å². The molecule has 0 aliphatic carbocycles. The smallest absolute Gasteiger partial charge is 0.169 e. The Kier molecular flexibility index (Phi) is 4.16. The molecule has 1 aromatic rings. The molecule has 3 nitrogen and oxygen atoms in total. The summed E-state index contributed by atoms with van der Waals surface area (Å²) in [6.45, 7) is 4.54. The average Bonchev–Trinajstić information content (AvgIpc) is 2.52. The fourth-order valence-corrected chi connectivity index (χ4v) is 1.78. The van der Waals surface area contributed by atoms with Gasteiger partial charge in [-0.15, -0.1) is 0 Å². The van der Waals surface area contributed by atoms with Gasteiger partial charge in [0.1, 0.15) is 11.9 Å². The number of hydrogen-bond donors (Lipinski definition) is 2. The first-order valence-electron chi connectivity index (χ1n) is 4.69. The highest BCUT2D eigenvalue weighted by Gasteiger charge is 2.25. The zero-order chi connectivity index (χ0) is 10.7. The predicted molar refractivity (Wildman–Crippen MR) is 58.8 cm³/mol. The molecule has 1 rings (SSSR count). The molecule has 0 bridgehead atoms. The van der Waals surface area contributed by atoms with E-state index in [2.05, 4.69) is 15.9 Å². The summed E-state index contributed by atoms with van der Waals surface area (Å²) in [6, 6.07) is 3.53. The Morgan fingerprint density at radius 3 is 2.50 bits per heavy atom. The standard InChI is InChI=1S/C10H16BrNO2/c1-6(2)7(5-12)10(13)8-3-4-9(11)14-8/h3-4,6-7,10,13H,5,12H2,1-2H3. The van der Waals surface area contributed by atoms with E-state index in [1.54, 1.807) is 12.1 Å². The molecule has 0 amide bonds. The van der Waals surface area contributed by atoms with Crippen molar-refractivity contribution in [1.29, 1.82) is 0 Å². The van der Waals surface area contributed by atoms with E-state index in [0.29, 0.717) is 22.9 Å². The van der Waals surface area contributed by atoms with Gasteiger partial charge in [-0.1, -0.05) is 13.8 Å². The number of nitrogens with two attached hydrogens (primary N) is 1. The van der Waals surface area contributed by atoms with Crippen molar-refractivity contribution >= 4 is 15.9 Å². The normalized spacial score (nSPS) is 15.9. The Morgan fingerprint density at radius 1 is 1.50 bits per heavy atom. The molecule has 14 heavy (non-hydrogen) atoms. The molecule has 0 fully saturated rings. The van der Waals surface area contributed by atoms with Crippen molar-refractivity contribution in [3.05, 3.63) is 22.6 Å². The molecule has 0 aromatic carbocycles. The van der Waals surface area contributed by atoms with Crippen LogP contribution in [0.3, 0.4) is 0 Å². The van der Waals surface area contributed by atoms with Crippen LogP contribution in [0.2, 0.25) is 0 Å². The maximum atomic E-state index is 9.97. The second kappa shape index (κ2) is 4.96. The van der Waals surface area contributed by atoms with Gasteiger partial charge in [0.2, 0.25) is 0 Å². The molecule has 0 aliphatic heterocycles. The largest absolute Gasteiger partial charge is 0.452 e. The lowest BCUT2D eigenvalue weighted by molar-refractivity contribution is 0.0653. The van der Waals surface area contributed by atoms with Crippen molar-refractivity contribution < 1.29 is 9.52 Å². The minimum atomic E-state index is -0.619. The van der Waals surface area contributed by atoms with Crippen LogP contribution in [0.25, 0.3) is 0 Å². The highest BCUT2D eigenvalue weighted by atomic mass is 79.9. The molecule has 0 aliphatic rings. The van der Waals surface area contributed by atoms with Gasteiger partial charge >= 0.3 is 0 Å². The zero-order valence-corrected chi connectivity index (χ0v) is 9.99. The molecule has 2 unspecified atom stereocenters. The highest BCUT2D eigenvalue weighted by molar-refractivity contribution is 9.10. The molecule has 80 valence electrons. The third kappa shape index (κ3) is 2.59. The molecular formula is C10H16BrNO2. The van der Waals surface area contributed by atoms with Gasteiger partial charge < -0.3 is 15.3 Å². The van der Waals surface area contributed by atoms with Crippen molar-refractivity contribution in [3.8, 4) is 0 Å². The summed E-state index contributed by atoms with van der Waals surface area (Å²) in [5, 5.41) is 9.97. The molecular weight excluding hydrogens is 246 g/mol. The van der Waals surface area contributed by atoms with Crippen LogP contribution in [-0.4, -0.2) is 11.7 Å². The SMILES string of the molecule is CC(C)C(CN)C(O)c1ccc(Br)o1. The van der Waals surface area contributed by atoms with Crippen molar-refractivity contribution in [1.82, 2.24) is 0 Å².